The van der Waals surface area contributed by atoms with Crippen LogP contribution in [0.5, 0.6) is 11.5 Å². The summed E-state index contributed by atoms with van der Waals surface area (Å²) in [5, 5.41) is 14.1. The zero-order valence-electron chi connectivity index (χ0n) is 13.9. The molecule has 2 heterocycles. The van der Waals surface area contributed by atoms with Crippen molar-refractivity contribution in [1.82, 2.24) is 4.57 Å². The Morgan fingerprint density at radius 2 is 1.93 bits per heavy atom. The summed E-state index contributed by atoms with van der Waals surface area (Å²) in [6.45, 7) is -0.104. The molecule has 0 saturated heterocycles. The van der Waals surface area contributed by atoms with Crippen molar-refractivity contribution < 1.29 is 19.2 Å². The molecule has 0 fully saturated rings. The van der Waals surface area contributed by atoms with Gasteiger partial charge >= 0.3 is 0 Å². The SMILES string of the molecule is O=C(Cn1c(=O)ccc2cc([N+](=O)[O-])ccc21)Nc1ccc2c(c1)OCO2. The molecule has 0 atom stereocenters. The Hall–Kier alpha value is -3.88. The van der Waals surface area contributed by atoms with Gasteiger partial charge in [-0.15, -0.1) is 0 Å². The Labute approximate surface area is 151 Å². The number of pyridine rings is 1. The lowest BCUT2D eigenvalue weighted by atomic mass is 10.2. The fraction of sp³-hybridized carbons (Fsp3) is 0.111. The van der Waals surface area contributed by atoms with Crippen LogP contribution in [0.15, 0.2) is 53.3 Å². The van der Waals surface area contributed by atoms with E-state index in [4.69, 9.17) is 9.47 Å². The van der Waals surface area contributed by atoms with Crippen molar-refractivity contribution in [3.63, 3.8) is 0 Å². The van der Waals surface area contributed by atoms with Gasteiger partial charge in [0, 0.05) is 35.3 Å². The van der Waals surface area contributed by atoms with Gasteiger partial charge in [0.05, 0.1) is 10.4 Å². The summed E-state index contributed by atoms with van der Waals surface area (Å²) in [6.07, 6.45) is 0. The topological polar surface area (TPSA) is 113 Å². The van der Waals surface area contributed by atoms with Crippen LogP contribution in [0.3, 0.4) is 0 Å². The molecule has 1 aliphatic heterocycles. The second-order valence-corrected chi connectivity index (χ2v) is 5.87. The quantitative estimate of drug-likeness (QED) is 0.559. The van der Waals surface area contributed by atoms with E-state index in [-0.39, 0.29) is 24.6 Å². The minimum atomic E-state index is -0.513. The Bertz CT molecular complexity index is 1140. The van der Waals surface area contributed by atoms with E-state index in [1.807, 2.05) is 0 Å². The lowest BCUT2D eigenvalue weighted by molar-refractivity contribution is -0.384. The van der Waals surface area contributed by atoms with Crippen LogP contribution in [0.4, 0.5) is 11.4 Å². The smallest absolute Gasteiger partial charge is 0.270 e. The maximum absolute atomic E-state index is 12.4. The van der Waals surface area contributed by atoms with Crippen LogP contribution >= 0.6 is 0 Å². The molecule has 9 nitrogen and oxygen atoms in total. The van der Waals surface area contributed by atoms with Gasteiger partial charge in [0.25, 0.3) is 11.2 Å². The minimum Gasteiger partial charge on any atom is -0.454 e. The van der Waals surface area contributed by atoms with E-state index in [1.54, 1.807) is 18.2 Å². The van der Waals surface area contributed by atoms with Gasteiger partial charge in [-0.25, -0.2) is 0 Å². The molecule has 0 aliphatic carbocycles. The van der Waals surface area contributed by atoms with E-state index < -0.39 is 10.8 Å². The van der Waals surface area contributed by atoms with E-state index in [9.17, 15) is 19.7 Å². The summed E-state index contributed by atoms with van der Waals surface area (Å²) >= 11 is 0. The third-order valence-electron chi connectivity index (χ3n) is 4.14. The molecule has 27 heavy (non-hydrogen) atoms. The summed E-state index contributed by atoms with van der Waals surface area (Å²) in [6, 6.07) is 11.9. The van der Waals surface area contributed by atoms with Gasteiger partial charge < -0.3 is 14.8 Å². The highest BCUT2D eigenvalue weighted by Crippen LogP contribution is 2.34. The standard InChI is InChI=1S/C18H13N3O6/c22-17(19-12-2-5-15-16(8-12)27-10-26-15)9-20-14-4-3-13(21(24)25)7-11(14)1-6-18(20)23/h1-8H,9-10H2,(H,19,22). The maximum Gasteiger partial charge on any atom is 0.270 e. The van der Waals surface area contributed by atoms with Gasteiger partial charge in [-0.1, -0.05) is 0 Å². The van der Waals surface area contributed by atoms with Crippen LogP contribution in [0, 0.1) is 10.1 Å². The zero-order valence-corrected chi connectivity index (χ0v) is 13.9. The highest BCUT2D eigenvalue weighted by atomic mass is 16.7. The third kappa shape index (κ3) is 3.17. The van der Waals surface area contributed by atoms with Crippen molar-refractivity contribution in [2.75, 3.05) is 12.1 Å². The molecule has 1 N–H and O–H groups in total. The highest BCUT2D eigenvalue weighted by molar-refractivity contribution is 5.92. The molecule has 2 aromatic carbocycles. The number of nitrogens with zero attached hydrogens (tertiary/aromatic N) is 2. The summed E-state index contributed by atoms with van der Waals surface area (Å²) < 4.78 is 11.7. The van der Waals surface area contributed by atoms with E-state index in [0.29, 0.717) is 28.1 Å². The molecule has 1 amide bonds. The van der Waals surface area contributed by atoms with Crippen LogP contribution < -0.4 is 20.3 Å². The van der Waals surface area contributed by atoms with Crippen LogP contribution in [-0.2, 0) is 11.3 Å². The summed E-state index contributed by atoms with van der Waals surface area (Å²) in [5.74, 6) is 0.712. The Morgan fingerprint density at radius 3 is 2.74 bits per heavy atom. The number of carbonyl (C=O) groups is 1. The van der Waals surface area contributed by atoms with E-state index in [2.05, 4.69) is 5.32 Å². The van der Waals surface area contributed by atoms with Crippen LogP contribution in [0.2, 0.25) is 0 Å². The molecular formula is C18H13N3O6. The van der Waals surface area contributed by atoms with Gasteiger partial charge in [-0.3, -0.25) is 24.3 Å². The Kier molecular flexibility index (Phi) is 3.96. The number of non-ortho nitro benzene ring substituents is 1. The minimum absolute atomic E-state index is 0.0856. The second kappa shape index (κ2) is 6.45. The van der Waals surface area contributed by atoms with Crippen molar-refractivity contribution in [2.45, 2.75) is 6.54 Å². The predicted octanol–water partition coefficient (Wildman–Crippen LogP) is 2.28. The number of amides is 1. The predicted molar refractivity (Wildman–Crippen MR) is 96.1 cm³/mol. The van der Waals surface area contributed by atoms with E-state index in [1.165, 1.54) is 34.9 Å². The number of benzene rings is 2. The number of fused-ring (bicyclic) bond motifs is 2. The number of hydrogen-bond acceptors (Lipinski definition) is 6. The van der Waals surface area contributed by atoms with Gasteiger partial charge in [0.15, 0.2) is 11.5 Å². The zero-order chi connectivity index (χ0) is 19.0. The van der Waals surface area contributed by atoms with Crippen molar-refractivity contribution >= 4 is 28.2 Å². The molecule has 136 valence electrons. The van der Waals surface area contributed by atoms with E-state index >= 15 is 0 Å². The summed E-state index contributed by atoms with van der Waals surface area (Å²) in [7, 11) is 0. The summed E-state index contributed by atoms with van der Waals surface area (Å²) in [4.78, 5) is 35.0. The average Bonchev–Trinajstić information content (AvgIpc) is 3.11. The number of ether oxygens (including phenoxy) is 2. The maximum atomic E-state index is 12.4. The number of nitro groups is 1. The fourth-order valence-electron chi connectivity index (χ4n) is 2.89. The van der Waals surface area contributed by atoms with Gasteiger partial charge in [0.2, 0.25) is 12.7 Å². The molecule has 1 aliphatic rings. The monoisotopic (exact) mass is 367 g/mol. The first-order chi connectivity index (χ1) is 13.0. The first kappa shape index (κ1) is 16.6. The molecule has 1 aromatic heterocycles. The molecule has 3 aromatic rings. The number of rotatable bonds is 4. The van der Waals surface area contributed by atoms with Crippen molar-refractivity contribution in [1.29, 1.82) is 0 Å². The van der Waals surface area contributed by atoms with Gasteiger partial charge in [0.1, 0.15) is 6.54 Å². The molecule has 4 rings (SSSR count). The van der Waals surface area contributed by atoms with Crippen LogP contribution in [0.1, 0.15) is 0 Å². The Morgan fingerprint density at radius 1 is 1.11 bits per heavy atom. The largest absolute Gasteiger partial charge is 0.454 e. The summed E-state index contributed by atoms with van der Waals surface area (Å²) in [5.41, 5.74) is 0.483. The first-order valence-corrected chi connectivity index (χ1v) is 7.99. The fourth-order valence-corrected chi connectivity index (χ4v) is 2.89. The van der Waals surface area contributed by atoms with E-state index in [0.717, 1.165) is 0 Å². The molecule has 0 spiro atoms. The lowest BCUT2D eigenvalue weighted by Crippen LogP contribution is -2.27. The number of aromatic nitrogens is 1. The van der Waals surface area contributed by atoms with Gasteiger partial charge in [-0.2, -0.15) is 0 Å². The molecule has 0 radical (unpaired) electrons. The Balaban J connectivity index is 1.60. The molecule has 9 heteroatoms. The number of anilines is 1. The molecule has 0 saturated carbocycles. The van der Waals surface area contributed by atoms with Crippen molar-refractivity contribution in [2.24, 2.45) is 0 Å². The molecule has 0 unspecified atom stereocenters. The second-order valence-electron chi connectivity index (χ2n) is 5.87. The highest BCUT2D eigenvalue weighted by Gasteiger charge is 2.15. The third-order valence-corrected chi connectivity index (χ3v) is 4.14. The molecule has 0 bridgehead atoms. The number of nitro benzene ring substituents is 1. The first-order valence-electron chi connectivity index (χ1n) is 7.99. The number of hydrogen-bond donors (Lipinski definition) is 1. The number of carbonyl (C=O) groups excluding carboxylic acids is 1. The number of nitrogens with one attached hydrogen (secondary N) is 1. The normalized spacial score (nSPS) is 12.1. The average molecular weight is 367 g/mol. The molecular weight excluding hydrogens is 354 g/mol. The van der Waals surface area contributed by atoms with Gasteiger partial charge in [-0.05, 0) is 24.3 Å². The van der Waals surface area contributed by atoms with Crippen molar-refractivity contribution in [3.8, 4) is 11.5 Å². The van der Waals surface area contributed by atoms with Crippen LogP contribution in [-0.4, -0.2) is 22.2 Å². The van der Waals surface area contributed by atoms with Crippen LogP contribution in [0.25, 0.3) is 10.9 Å². The van der Waals surface area contributed by atoms with Crippen molar-refractivity contribution in [3.05, 3.63) is 69.0 Å². The lowest BCUT2D eigenvalue weighted by Gasteiger charge is -2.11.